The molecular weight excluding hydrogens is 244 g/mol. The van der Waals surface area contributed by atoms with E-state index >= 15 is 0 Å². The molecule has 1 atom stereocenters. The van der Waals surface area contributed by atoms with Crippen LogP contribution in [0.25, 0.3) is 0 Å². The van der Waals surface area contributed by atoms with Gasteiger partial charge in [0, 0.05) is 18.1 Å². The summed E-state index contributed by atoms with van der Waals surface area (Å²) >= 11 is 0. The van der Waals surface area contributed by atoms with E-state index in [4.69, 9.17) is 0 Å². The number of nitrogens with zero attached hydrogens (tertiary/aromatic N) is 1. The zero-order chi connectivity index (χ0) is 14.4. The molecule has 2 rings (SSSR count). The van der Waals surface area contributed by atoms with Crippen molar-refractivity contribution in [2.45, 2.75) is 64.1 Å². The Balaban J connectivity index is 1.84. The molecule has 1 saturated carbocycles. The third kappa shape index (κ3) is 4.07. The minimum atomic E-state index is 0.515. The summed E-state index contributed by atoms with van der Waals surface area (Å²) in [5, 5.41) is 3.67. The first-order valence-corrected chi connectivity index (χ1v) is 8.22. The average Bonchev–Trinajstić information content (AvgIpc) is 2.53. The highest BCUT2D eigenvalue weighted by molar-refractivity contribution is 5.18. The SMILES string of the molecule is CCCNC1CCC(N(C)C(C)c2ccccc2)CC1. The summed E-state index contributed by atoms with van der Waals surface area (Å²) < 4.78 is 0. The molecule has 1 aliphatic rings. The predicted octanol–water partition coefficient (Wildman–Crippen LogP) is 3.99. The van der Waals surface area contributed by atoms with Crippen LogP contribution in [0.5, 0.6) is 0 Å². The smallest absolute Gasteiger partial charge is 0.0319 e. The van der Waals surface area contributed by atoms with Crippen molar-refractivity contribution in [3.8, 4) is 0 Å². The van der Waals surface area contributed by atoms with Gasteiger partial charge >= 0.3 is 0 Å². The molecule has 0 amide bonds. The third-order valence-corrected chi connectivity index (χ3v) is 4.85. The second kappa shape index (κ2) is 7.80. The maximum atomic E-state index is 3.67. The summed E-state index contributed by atoms with van der Waals surface area (Å²) in [5.74, 6) is 0. The minimum Gasteiger partial charge on any atom is -0.314 e. The molecule has 1 aromatic rings. The molecule has 1 aromatic carbocycles. The van der Waals surface area contributed by atoms with Gasteiger partial charge in [-0.05, 0) is 58.2 Å². The fraction of sp³-hybridized carbons (Fsp3) is 0.667. The number of hydrogen-bond acceptors (Lipinski definition) is 2. The lowest BCUT2D eigenvalue weighted by atomic mass is 9.89. The Labute approximate surface area is 124 Å². The molecule has 0 aliphatic heterocycles. The molecule has 0 heterocycles. The molecule has 0 radical (unpaired) electrons. The van der Waals surface area contributed by atoms with E-state index < -0.39 is 0 Å². The van der Waals surface area contributed by atoms with Gasteiger partial charge in [0.25, 0.3) is 0 Å². The Morgan fingerprint density at radius 3 is 2.40 bits per heavy atom. The van der Waals surface area contributed by atoms with Crippen molar-refractivity contribution in [2.75, 3.05) is 13.6 Å². The molecule has 0 aromatic heterocycles. The standard InChI is InChI=1S/C18H30N2/c1-4-14-19-17-10-12-18(13-11-17)20(3)15(2)16-8-6-5-7-9-16/h5-9,15,17-19H,4,10-14H2,1-3H3. The summed E-state index contributed by atoms with van der Waals surface area (Å²) in [7, 11) is 2.29. The maximum Gasteiger partial charge on any atom is 0.0319 e. The van der Waals surface area contributed by atoms with Crippen molar-refractivity contribution in [2.24, 2.45) is 0 Å². The molecule has 0 bridgehead atoms. The van der Waals surface area contributed by atoms with Crippen molar-refractivity contribution >= 4 is 0 Å². The highest BCUT2D eigenvalue weighted by atomic mass is 15.2. The first-order chi connectivity index (χ1) is 9.72. The van der Waals surface area contributed by atoms with E-state index in [9.17, 15) is 0 Å². The van der Waals surface area contributed by atoms with E-state index in [0.29, 0.717) is 6.04 Å². The Kier molecular flexibility index (Phi) is 6.06. The van der Waals surface area contributed by atoms with Gasteiger partial charge < -0.3 is 5.32 Å². The van der Waals surface area contributed by atoms with Crippen molar-refractivity contribution in [3.63, 3.8) is 0 Å². The van der Waals surface area contributed by atoms with Crippen molar-refractivity contribution in [3.05, 3.63) is 35.9 Å². The molecular formula is C18H30N2. The van der Waals surface area contributed by atoms with Gasteiger partial charge in [-0.25, -0.2) is 0 Å². The van der Waals surface area contributed by atoms with Gasteiger partial charge in [0.15, 0.2) is 0 Å². The lowest BCUT2D eigenvalue weighted by Crippen LogP contribution is -2.41. The maximum absolute atomic E-state index is 3.67. The van der Waals surface area contributed by atoms with Crippen LogP contribution >= 0.6 is 0 Å². The van der Waals surface area contributed by atoms with Crippen LogP contribution in [0.15, 0.2) is 30.3 Å². The molecule has 0 spiro atoms. The van der Waals surface area contributed by atoms with E-state index in [0.717, 1.165) is 12.1 Å². The average molecular weight is 274 g/mol. The summed E-state index contributed by atoms with van der Waals surface area (Å²) in [5.41, 5.74) is 1.43. The van der Waals surface area contributed by atoms with Gasteiger partial charge in [-0.3, -0.25) is 4.90 Å². The summed E-state index contributed by atoms with van der Waals surface area (Å²) in [4.78, 5) is 2.57. The molecule has 0 saturated heterocycles. The van der Waals surface area contributed by atoms with E-state index in [1.165, 1.54) is 44.2 Å². The summed E-state index contributed by atoms with van der Waals surface area (Å²) in [6.07, 6.45) is 6.56. The van der Waals surface area contributed by atoms with Crippen LogP contribution in [0.2, 0.25) is 0 Å². The lowest BCUT2D eigenvalue weighted by molar-refractivity contribution is 0.135. The molecule has 1 unspecified atom stereocenters. The highest BCUT2D eigenvalue weighted by Crippen LogP contribution is 2.28. The van der Waals surface area contributed by atoms with Crippen LogP contribution in [-0.2, 0) is 0 Å². The van der Waals surface area contributed by atoms with Gasteiger partial charge in [-0.2, -0.15) is 0 Å². The second-order valence-electron chi connectivity index (χ2n) is 6.21. The summed E-state index contributed by atoms with van der Waals surface area (Å²) in [6, 6.07) is 12.9. The van der Waals surface area contributed by atoms with E-state index in [1.807, 2.05) is 0 Å². The van der Waals surface area contributed by atoms with Gasteiger partial charge in [0.1, 0.15) is 0 Å². The van der Waals surface area contributed by atoms with Crippen molar-refractivity contribution in [1.82, 2.24) is 10.2 Å². The first kappa shape index (κ1) is 15.5. The van der Waals surface area contributed by atoms with Crippen LogP contribution in [0.3, 0.4) is 0 Å². The number of benzene rings is 1. The third-order valence-electron chi connectivity index (χ3n) is 4.85. The Bertz CT molecular complexity index is 368. The zero-order valence-corrected chi connectivity index (χ0v) is 13.3. The Morgan fingerprint density at radius 1 is 1.15 bits per heavy atom. The molecule has 20 heavy (non-hydrogen) atoms. The van der Waals surface area contributed by atoms with E-state index in [2.05, 4.69) is 61.4 Å². The minimum absolute atomic E-state index is 0.515. The Hall–Kier alpha value is -0.860. The van der Waals surface area contributed by atoms with E-state index in [-0.39, 0.29) is 0 Å². The lowest BCUT2D eigenvalue weighted by Gasteiger charge is -2.38. The zero-order valence-electron chi connectivity index (χ0n) is 13.3. The van der Waals surface area contributed by atoms with Crippen LogP contribution in [0.1, 0.15) is 57.6 Å². The number of nitrogens with one attached hydrogen (secondary N) is 1. The monoisotopic (exact) mass is 274 g/mol. The Morgan fingerprint density at radius 2 is 1.80 bits per heavy atom. The predicted molar refractivity (Wildman–Crippen MR) is 87.0 cm³/mol. The van der Waals surface area contributed by atoms with Crippen molar-refractivity contribution < 1.29 is 0 Å². The van der Waals surface area contributed by atoms with Crippen molar-refractivity contribution in [1.29, 1.82) is 0 Å². The number of rotatable bonds is 6. The van der Waals surface area contributed by atoms with Crippen LogP contribution < -0.4 is 5.32 Å². The second-order valence-corrected chi connectivity index (χ2v) is 6.21. The first-order valence-electron chi connectivity index (χ1n) is 8.22. The number of hydrogen-bond donors (Lipinski definition) is 1. The topological polar surface area (TPSA) is 15.3 Å². The summed E-state index contributed by atoms with van der Waals surface area (Å²) in [6.45, 7) is 5.75. The highest BCUT2D eigenvalue weighted by Gasteiger charge is 2.26. The van der Waals surface area contributed by atoms with Crippen LogP contribution in [0.4, 0.5) is 0 Å². The molecule has 112 valence electrons. The van der Waals surface area contributed by atoms with E-state index in [1.54, 1.807) is 0 Å². The fourth-order valence-corrected chi connectivity index (χ4v) is 3.32. The molecule has 1 aliphatic carbocycles. The van der Waals surface area contributed by atoms with Crippen LogP contribution in [0, 0.1) is 0 Å². The fourth-order valence-electron chi connectivity index (χ4n) is 3.32. The van der Waals surface area contributed by atoms with Gasteiger partial charge in [-0.1, -0.05) is 37.3 Å². The molecule has 1 fully saturated rings. The largest absolute Gasteiger partial charge is 0.314 e. The normalized spacial score (nSPS) is 24.8. The van der Waals surface area contributed by atoms with Gasteiger partial charge in [0.05, 0.1) is 0 Å². The van der Waals surface area contributed by atoms with Crippen LogP contribution in [-0.4, -0.2) is 30.6 Å². The molecule has 2 heteroatoms. The quantitative estimate of drug-likeness (QED) is 0.844. The van der Waals surface area contributed by atoms with Gasteiger partial charge in [-0.15, -0.1) is 0 Å². The molecule has 1 N–H and O–H groups in total. The molecule has 2 nitrogen and oxygen atoms in total. The van der Waals surface area contributed by atoms with Gasteiger partial charge in [0.2, 0.25) is 0 Å².